The first-order valence-electron chi connectivity index (χ1n) is 15.7. The number of sulfone groups is 5. The lowest BCUT2D eigenvalue weighted by Crippen LogP contribution is -2.54. The van der Waals surface area contributed by atoms with E-state index in [4.69, 9.17) is 15.4 Å². The Morgan fingerprint density at radius 3 is 0.836 bits per heavy atom. The summed E-state index contributed by atoms with van der Waals surface area (Å²) in [5.41, 5.74) is 5.50. The van der Waals surface area contributed by atoms with E-state index in [1.54, 1.807) is 34.7 Å². The third-order valence-electron chi connectivity index (χ3n) is 3.93. The molecule has 0 aromatic heterocycles. The summed E-state index contributed by atoms with van der Waals surface area (Å²) in [6.45, 7) is 20.7. The number of imide groups is 1. The average molecular weight is 930 g/mol. The van der Waals surface area contributed by atoms with Crippen LogP contribution in [-0.4, -0.2) is 170 Å². The Bertz CT molecular complexity index is 1360. The van der Waals surface area contributed by atoms with E-state index in [1.165, 1.54) is 43.3 Å². The van der Waals surface area contributed by atoms with Crippen LogP contribution in [0.5, 0.6) is 0 Å². The van der Waals surface area contributed by atoms with Crippen molar-refractivity contribution in [2.45, 2.75) is 90.1 Å². The minimum absolute atomic E-state index is 0. The number of carbonyl (C=O) groups excluding carboxylic acids is 2. The average Bonchev–Trinajstić information content (AvgIpc) is 3.22. The molecule has 18 nitrogen and oxygen atoms in total. The van der Waals surface area contributed by atoms with Crippen LogP contribution in [0.3, 0.4) is 0 Å². The molecule has 24 heteroatoms. The second-order valence-electron chi connectivity index (χ2n) is 11.2. The van der Waals surface area contributed by atoms with Gasteiger partial charge < -0.3 is 20.3 Å². The second kappa shape index (κ2) is 41.0. The van der Waals surface area contributed by atoms with Crippen LogP contribution in [0.1, 0.15) is 84.6 Å². The van der Waals surface area contributed by atoms with Gasteiger partial charge in [-0.1, -0.05) is 77.7 Å². The van der Waals surface area contributed by atoms with E-state index in [9.17, 15) is 56.2 Å². The van der Waals surface area contributed by atoms with Crippen molar-refractivity contribution in [3.63, 3.8) is 0 Å². The normalized spacial score (nSPS) is 13.4. The van der Waals surface area contributed by atoms with Gasteiger partial charge in [0.1, 0.15) is 55.7 Å². The zero-order valence-electron chi connectivity index (χ0n) is 34.6. The first kappa shape index (κ1) is 81.9. The van der Waals surface area contributed by atoms with Crippen molar-refractivity contribution in [3.8, 4) is 0 Å². The van der Waals surface area contributed by atoms with E-state index in [1.807, 2.05) is 34.6 Å². The summed E-state index contributed by atoms with van der Waals surface area (Å²) in [5, 5.41) is 2.11. The Kier molecular flexibility index (Phi) is 61.0. The topological polar surface area (TPSA) is 293 Å². The van der Waals surface area contributed by atoms with Crippen molar-refractivity contribution >= 4 is 68.5 Å². The van der Waals surface area contributed by atoms with E-state index in [2.05, 4.69) is 5.32 Å². The van der Waals surface area contributed by atoms with Gasteiger partial charge in [-0.3, -0.25) is 14.7 Å². The molecular weight excluding hydrogens is 846 g/mol. The lowest BCUT2D eigenvalue weighted by atomic mass is 10.0. The first-order valence-corrected chi connectivity index (χ1v) is 28.8. The molecule has 2 fully saturated rings. The van der Waals surface area contributed by atoms with Crippen molar-refractivity contribution < 1.29 is 65.9 Å². The van der Waals surface area contributed by atoms with Gasteiger partial charge in [0.15, 0.2) is 7.37 Å². The number of nitrogens with two attached hydrogens (primary N) is 1. The van der Waals surface area contributed by atoms with Crippen molar-refractivity contribution in [1.82, 2.24) is 10.2 Å². The van der Waals surface area contributed by atoms with Crippen LogP contribution >= 0.6 is 7.37 Å². The Balaban J connectivity index is -0.0000000439. The number of nitrogens with one attached hydrogen (secondary N) is 1. The van der Waals surface area contributed by atoms with Gasteiger partial charge in [-0.05, 0) is 6.92 Å². The van der Waals surface area contributed by atoms with Gasteiger partial charge in [0, 0.05) is 80.9 Å². The number of nitrogens with zero attached hydrogens (tertiary/aromatic N) is 1. The molecule has 0 radical (unpaired) electrons. The zero-order valence-corrected chi connectivity index (χ0v) is 39.6. The molecule has 0 bridgehead atoms. The highest BCUT2D eigenvalue weighted by molar-refractivity contribution is 7.91. The predicted octanol–water partition coefficient (Wildman–Crippen LogP) is 3.24. The lowest BCUT2D eigenvalue weighted by Gasteiger charge is -2.33. The number of carbonyl (C=O) groups is 2. The van der Waals surface area contributed by atoms with E-state index < -0.39 is 56.6 Å². The molecule has 0 aromatic rings. The van der Waals surface area contributed by atoms with Gasteiger partial charge in [0.25, 0.3) is 0 Å². The number of rotatable bonds is 4. The molecule has 0 spiro atoms. The molecule has 0 aromatic carbocycles. The molecule has 2 heterocycles. The lowest BCUT2D eigenvalue weighted by molar-refractivity contribution is -0.118. The van der Waals surface area contributed by atoms with Gasteiger partial charge in [0.2, 0.25) is 5.91 Å². The summed E-state index contributed by atoms with van der Waals surface area (Å²) < 4.78 is 114. The molecule has 0 saturated carbocycles. The van der Waals surface area contributed by atoms with E-state index in [0.29, 0.717) is 0 Å². The van der Waals surface area contributed by atoms with Crippen molar-refractivity contribution in [3.05, 3.63) is 0 Å². The monoisotopic (exact) mass is 929 g/mol. The molecular formula is C31H84N3O15PS5. The number of amides is 3. The SMILES string of the molecule is C.C.C.CC.CC.CC1(N)COC1.CCS(C)(=O)=O.CCS(C)(=O)=O.CCS(C)(=O)=O.CCS(C)(=O)=O.CN1CC(=O)NC1=O.CP(C)(=O)O.CS(C)(=O)=O. The first-order chi connectivity index (χ1) is 22.6. The van der Waals surface area contributed by atoms with Gasteiger partial charge in [0.05, 0.1) is 18.8 Å². The summed E-state index contributed by atoms with van der Waals surface area (Å²) in [6.07, 6.45) is 7.18. The van der Waals surface area contributed by atoms with Crippen molar-refractivity contribution in [2.24, 2.45) is 5.73 Å². The standard InChI is InChI=1S/C4H6N2O2.C4H9NO.4C3H8O2S.C2H7O2P.C2H6O2S.2C2H6.3CH4/c1-6-2-3(7)5-4(6)8;1-4(5)2-6-3-4;4*1-3-6(2,4)5;2*1-5(2,3)4;2*1-2;;;/h2H2,1H3,(H,5,7,8);2-3,5H2,1H3;4*3H2,1-2H3;1-2H3,(H,3,4);1-2H3;2*1-2H3;3*1H4. The van der Waals surface area contributed by atoms with Crippen LogP contribution in [0.2, 0.25) is 0 Å². The molecule has 348 valence electrons. The van der Waals surface area contributed by atoms with Crippen LogP contribution in [0.15, 0.2) is 0 Å². The van der Waals surface area contributed by atoms with Crippen LogP contribution in [0.4, 0.5) is 4.79 Å². The van der Waals surface area contributed by atoms with E-state index >= 15 is 0 Å². The Labute approximate surface area is 339 Å². The highest BCUT2D eigenvalue weighted by atomic mass is 32.2. The van der Waals surface area contributed by atoms with Crippen LogP contribution in [0.25, 0.3) is 0 Å². The quantitative estimate of drug-likeness (QED) is 0.269. The van der Waals surface area contributed by atoms with Crippen LogP contribution < -0.4 is 11.1 Å². The highest BCUT2D eigenvalue weighted by Crippen LogP contribution is 2.27. The van der Waals surface area contributed by atoms with Gasteiger partial charge in [-0.15, -0.1) is 0 Å². The van der Waals surface area contributed by atoms with Crippen LogP contribution in [0, 0.1) is 0 Å². The number of hydrogen-bond acceptors (Lipinski definition) is 15. The summed E-state index contributed by atoms with van der Waals surface area (Å²) in [4.78, 5) is 30.1. The molecule has 2 saturated heterocycles. The second-order valence-corrected chi connectivity index (χ2v) is 25.7. The molecule has 2 aliphatic heterocycles. The predicted molar refractivity (Wildman–Crippen MR) is 236 cm³/mol. The highest BCUT2D eigenvalue weighted by Gasteiger charge is 2.27. The van der Waals surface area contributed by atoms with Crippen molar-refractivity contribution in [1.29, 1.82) is 0 Å². The third kappa shape index (κ3) is 144. The number of ether oxygens (including phenoxy) is 1. The Morgan fingerprint density at radius 2 is 0.818 bits per heavy atom. The molecule has 3 amide bonds. The van der Waals surface area contributed by atoms with E-state index in [-0.39, 0.29) is 69.3 Å². The Hall–Kier alpha value is -1.20. The third-order valence-corrected chi connectivity index (χ3v) is 8.13. The maximum Gasteiger partial charge on any atom is 0.324 e. The number of hydrogen-bond donors (Lipinski definition) is 3. The molecule has 0 unspecified atom stereocenters. The minimum Gasteiger partial charge on any atom is -0.377 e. The van der Waals surface area contributed by atoms with Crippen molar-refractivity contribution in [2.75, 3.05) is 101 Å². The molecule has 0 aliphatic carbocycles. The summed E-state index contributed by atoms with van der Waals surface area (Å²) >= 11 is 0. The molecule has 0 atom stereocenters. The largest absolute Gasteiger partial charge is 0.377 e. The Morgan fingerprint density at radius 1 is 0.673 bits per heavy atom. The fourth-order valence-electron chi connectivity index (χ4n) is 0.965. The van der Waals surface area contributed by atoms with Crippen LogP contribution in [-0.2, 0) is 63.3 Å². The minimum atomic E-state index is -2.67. The number of likely N-dealkylation sites (N-methyl/N-ethyl adjacent to an activating group) is 1. The molecule has 4 N–H and O–H groups in total. The molecule has 55 heavy (non-hydrogen) atoms. The zero-order chi connectivity index (χ0) is 44.6. The summed E-state index contributed by atoms with van der Waals surface area (Å²) in [7, 11) is -14.4. The van der Waals surface area contributed by atoms with Gasteiger partial charge in [-0.25, -0.2) is 46.9 Å². The fraction of sp³-hybridized carbons (Fsp3) is 0.935. The fourth-order valence-corrected chi connectivity index (χ4v) is 0.965. The smallest absolute Gasteiger partial charge is 0.324 e. The van der Waals surface area contributed by atoms with Gasteiger partial charge in [-0.2, -0.15) is 0 Å². The summed E-state index contributed by atoms with van der Waals surface area (Å²) in [5.74, 6) is 0.748. The maximum atomic E-state index is 10.4. The number of urea groups is 1. The van der Waals surface area contributed by atoms with E-state index in [0.717, 1.165) is 25.7 Å². The maximum absolute atomic E-state index is 10.4. The molecule has 2 aliphatic rings. The molecule has 2 rings (SSSR count). The van der Waals surface area contributed by atoms with Gasteiger partial charge >= 0.3 is 6.03 Å². The summed E-state index contributed by atoms with van der Waals surface area (Å²) in [6, 6.07) is -0.310.